The Labute approximate surface area is 91.2 Å². The zero-order valence-electron chi connectivity index (χ0n) is 9.84. The van der Waals surface area contributed by atoms with Crippen molar-refractivity contribution in [2.24, 2.45) is 5.92 Å². The van der Waals surface area contributed by atoms with E-state index in [4.69, 9.17) is 0 Å². The average molecular weight is 212 g/mol. The van der Waals surface area contributed by atoms with Gasteiger partial charge < -0.3 is 0 Å². The summed E-state index contributed by atoms with van der Waals surface area (Å²) in [6, 6.07) is 0. The minimum atomic E-state index is -0.610. The molecule has 0 heterocycles. The van der Waals surface area contributed by atoms with Crippen molar-refractivity contribution in [1.29, 1.82) is 0 Å². The average Bonchev–Trinajstić information content (AvgIpc) is 2.26. The van der Waals surface area contributed by atoms with E-state index in [1.807, 2.05) is 13.8 Å². The van der Waals surface area contributed by atoms with Crippen molar-refractivity contribution in [1.82, 2.24) is 0 Å². The molecule has 0 amide bonds. The summed E-state index contributed by atoms with van der Waals surface area (Å²) < 4.78 is 0. The lowest BCUT2D eigenvalue weighted by Crippen LogP contribution is -2.30. The molecule has 0 aliphatic heterocycles. The van der Waals surface area contributed by atoms with Crippen LogP contribution in [0.5, 0.6) is 0 Å². The first kappa shape index (κ1) is 14.0. The fourth-order valence-corrected chi connectivity index (χ4v) is 1.56. The highest BCUT2D eigenvalue weighted by atomic mass is 16.2. The molecular formula is C12H20O3. The standard InChI is InChI=1S/C10H14O3.C2H6/c1-2-7(11)6-8-9(12)4-3-5-10(8)13;1-2/h8H,2-6H2,1H3;1-2H3. The first-order chi connectivity index (χ1) is 7.15. The Bertz CT molecular complexity index is 227. The molecule has 1 fully saturated rings. The Morgan fingerprint density at radius 2 is 1.67 bits per heavy atom. The van der Waals surface area contributed by atoms with Crippen molar-refractivity contribution in [2.75, 3.05) is 0 Å². The van der Waals surface area contributed by atoms with Gasteiger partial charge in [-0.15, -0.1) is 0 Å². The minimum Gasteiger partial charge on any atom is -0.300 e. The van der Waals surface area contributed by atoms with Crippen molar-refractivity contribution >= 4 is 17.3 Å². The van der Waals surface area contributed by atoms with Gasteiger partial charge in [-0.25, -0.2) is 0 Å². The molecule has 3 nitrogen and oxygen atoms in total. The molecule has 0 bridgehead atoms. The van der Waals surface area contributed by atoms with Crippen LogP contribution >= 0.6 is 0 Å². The van der Waals surface area contributed by atoms with Gasteiger partial charge in [-0.1, -0.05) is 20.8 Å². The fraction of sp³-hybridized carbons (Fsp3) is 0.750. The molecular weight excluding hydrogens is 192 g/mol. The van der Waals surface area contributed by atoms with Crippen molar-refractivity contribution in [2.45, 2.75) is 52.9 Å². The van der Waals surface area contributed by atoms with Crippen LogP contribution in [-0.4, -0.2) is 17.3 Å². The van der Waals surface area contributed by atoms with E-state index >= 15 is 0 Å². The summed E-state index contributed by atoms with van der Waals surface area (Å²) in [5.74, 6) is -0.689. The molecule has 15 heavy (non-hydrogen) atoms. The predicted molar refractivity (Wildman–Crippen MR) is 58.6 cm³/mol. The number of carbonyl (C=O) groups is 3. The van der Waals surface area contributed by atoms with E-state index < -0.39 is 5.92 Å². The molecule has 1 rings (SSSR count). The predicted octanol–water partition coefficient (Wildman–Crippen LogP) is 2.32. The second kappa shape index (κ2) is 7.32. The van der Waals surface area contributed by atoms with Crippen LogP contribution < -0.4 is 0 Å². The zero-order chi connectivity index (χ0) is 11.8. The lowest BCUT2D eigenvalue weighted by atomic mass is 9.83. The smallest absolute Gasteiger partial charge is 0.143 e. The third kappa shape index (κ3) is 4.36. The van der Waals surface area contributed by atoms with E-state index in [9.17, 15) is 14.4 Å². The van der Waals surface area contributed by atoms with Gasteiger partial charge in [-0.05, 0) is 6.42 Å². The van der Waals surface area contributed by atoms with Crippen molar-refractivity contribution in [3.63, 3.8) is 0 Å². The second-order valence-electron chi connectivity index (χ2n) is 3.44. The first-order valence-electron chi connectivity index (χ1n) is 5.72. The van der Waals surface area contributed by atoms with Gasteiger partial charge in [0.1, 0.15) is 17.3 Å². The monoisotopic (exact) mass is 212 g/mol. The van der Waals surface area contributed by atoms with Crippen molar-refractivity contribution < 1.29 is 14.4 Å². The van der Waals surface area contributed by atoms with Crippen LogP contribution in [0.2, 0.25) is 0 Å². The molecule has 0 atom stereocenters. The van der Waals surface area contributed by atoms with Gasteiger partial charge in [0.05, 0.1) is 5.92 Å². The highest BCUT2D eigenvalue weighted by Gasteiger charge is 2.30. The van der Waals surface area contributed by atoms with Gasteiger partial charge in [-0.3, -0.25) is 14.4 Å². The number of hydrogen-bond donors (Lipinski definition) is 0. The third-order valence-corrected chi connectivity index (χ3v) is 2.45. The summed E-state index contributed by atoms with van der Waals surface area (Å²) in [5.41, 5.74) is 0. The summed E-state index contributed by atoms with van der Waals surface area (Å²) in [6.45, 7) is 5.75. The van der Waals surface area contributed by atoms with Gasteiger partial charge in [0.25, 0.3) is 0 Å². The molecule has 0 spiro atoms. The second-order valence-corrected chi connectivity index (χ2v) is 3.44. The van der Waals surface area contributed by atoms with E-state index in [2.05, 4.69) is 0 Å². The molecule has 0 unspecified atom stereocenters. The van der Waals surface area contributed by atoms with Crippen LogP contribution in [0.1, 0.15) is 52.9 Å². The summed E-state index contributed by atoms with van der Waals surface area (Å²) in [4.78, 5) is 33.6. The Hall–Kier alpha value is -0.990. The molecule has 1 aliphatic rings. The molecule has 3 heteroatoms. The van der Waals surface area contributed by atoms with Crippen LogP contribution in [0, 0.1) is 5.92 Å². The molecule has 1 saturated carbocycles. The first-order valence-corrected chi connectivity index (χ1v) is 5.72. The maximum Gasteiger partial charge on any atom is 0.143 e. The highest BCUT2D eigenvalue weighted by Crippen LogP contribution is 2.20. The molecule has 0 radical (unpaired) electrons. The number of hydrogen-bond acceptors (Lipinski definition) is 3. The van der Waals surface area contributed by atoms with Crippen LogP contribution in [0.4, 0.5) is 0 Å². The molecule has 0 aromatic carbocycles. The highest BCUT2D eigenvalue weighted by molar-refractivity contribution is 6.06. The van der Waals surface area contributed by atoms with E-state index in [1.165, 1.54) is 0 Å². The Morgan fingerprint density at radius 1 is 1.20 bits per heavy atom. The van der Waals surface area contributed by atoms with E-state index in [1.54, 1.807) is 6.92 Å². The summed E-state index contributed by atoms with van der Waals surface area (Å²) in [6.07, 6.45) is 2.14. The molecule has 1 aliphatic carbocycles. The van der Waals surface area contributed by atoms with E-state index in [0.29, 0.717) is 25.7 Å². The van der Waals surface area contributed by atoms with Gasteiger partial charge in [-0.2, -0.15) is 0 Å². The Kier molecular flexibility index (Phi) is 6.84. The van der Waals surface area contributed by atoms with Gasteiger partial charge in [0.15, 0.2) is 0 Å². The lowest BCUT2D eigenvalue weighted by Gasteiger charge is -2.17. The van der Waals surface area contributed by atoms with Crippen LogP contribution in [-0.2, 0) is 14.4 Å². The van der Waals surface area contributed by atoms with Crippen molar-refractivity contribution in [3.8, 4) is 0 Å². The van der Waals surface area contributed by atoms with Gasteiger partial charge in [0.2, 0.25) is 0 Å². The van der Waals surface area contributed by atoms with Crippen LogP contribution in [0.3, 0.4) is 0 Å². The van der Waals surface area contributed by atoms with Crippen molar-refractivity contribution in [3.05, 3.63) is 0 Å². The maximum absolute atomic E-state index is 11.3. The minimum absolute atomic E-state index is 0.00796. The number of carbonyl (C=O) groups excluding carboxylic acids is 3. The summed E-state index contributed by atoms with van der Waals surface area (Å²) in [7, 11) is 0. The summed E-state index contributed by atoms with van der Waals surface area (Å²) in [5, 5.41) is 0. The Balaban J connectivity index is 0.000000921. The number of Topliss-reactive ketones (excluding diaryl/α,β-unsaturated/α-hetero) is 3. The van der Waals surface area contributed by atoms with E-state index in [0.717, 1.165) is 0 Å². The molecule has 0 N–H and O–H groups in total. The molecule has 0 aromatic rings. The number of rotatable bonds is 3. The largest absolute Gasteiger partial charge is 0.300 e. The Morgan fingerprint density at radius 3 is 2.07 bits per heavy atom. The lowest BCUT2D eigenvalue weighted by molar-refractivity contribution is -0.138. The molecule has 0 saturated heterocycles. The molecule has 0 aromatic heterocycles. The number of ketones is 3. The van der Waals surface area contributed by atoms with Crippen LogP contribution in [0.25, 0.3) is 0 Å². The fourth-order valence-electron chi connectivity index (χ4n) is 1.56. The van der Waals surface area contributed by atoms with Gasteiger partial charge >= 0.3 is 0 Å². The van der Waals surface area contributed by atoms with E-state index in [-0.39, 0.29) is 23.8 Å². The topological polar surface area (TPSA) is 51.2 Å². The quantitative estimate of drug-likeness (QED) is 0.674. The summed E-state index contributed by atoms with van der Waals surface area (Å²) >= 11 is 0. The van der Waals surface area contributed by atoms with Crippen LogP contribution in [0.15, 0.2) is 0 Å². The third-order valence-electron chi connectivity index (χ3n) is 2.45. The molecule has 86 valence electrons. The normalized spacial score (nSPS) is 17.0. The zero-order valence-corrected chi connectivity index (χ0v) is 9.84. The van der Waals surface area contributed by atoms with Gasteiger partial charge in [0, 0.05) is 25.7 Å². The maximum atomic E-state index is 11.3. The SMILES string of the molecule is CC.CCC(=O)CC1C(=O)CCCC1=O.